The summed E-state index contributed by atoms with van der Waals surface area (Å²) in [6, 6.07) is 20.1. The molecule has 2 aliphatic heterocycles. The van der Waals surface area contributed by atoms with E-state index < -0.39 is 11.1 Å². The van der Waals surface area contributed by atoms with Crippen molar-refractivity contribution in [1.82, 2.24) is 14.8 Å². The number of amides is 1. The van der Waals surface area contributed by atoms with Crippen molar-refractivity contribution in [2.75, 3.05) is 27.3 Å². The van der Waals surface area contributed by atoms with E-state index in [9.17, 15) is 4.79 Å². The molecular weight excluding hydrogens is 454 g/mol. The van der Waals surface area contributed by atoms with Gasteiger partial charge in [-0.1, -0.05) is 36.4 Å². The zero-order valence-corrected chi connectivity index (χ0v) is 21.1. The fourth-order valence-electron chi connectivity index (χ4n) is 5.74. The largest absolute Gasteiger partial charge is 0.497 e. The van der Waals surface area contributed by atoms with Gasteiger partial charge < -0.3 is 14.2 Å². The first-order chi connectivity index (χ1) is 17.5. The standard InChI is InChI=1S/C29H33N3O4/c1-28(24-9-5-4-6-10-24)29(36-27(33)32(28)20-22-8-7-15-30-19-22)13-16-31(17-14-29)21-23-18-25(34-2)11-12-26(23)35-3/h4-12,15,18-19H,13-14,16-17,20-21H2,1-3H3. The van der Waals surface area contributed by atoms with Gasteiger partial charge in [0.15, 0.2) is 0 Å². The van der Waals surface area contributed by atoms with Gasteiger partial charge in [-0.15, -0.1) is 0 Å². The molecule has 3 heterocycles. The minimum absolute atomic E-state index is 0.270. The topological polar surface area (TPSA) is 64.1 Å². The summed E-state index contributed by atoms with van der Waals surface area (Å²) in [5, 5.41) is 0. The van der Waals surface area contributed by atoms with Crippen LogP contribution in [0.2, 0.25) is 0 Å². The SMILES string of the molecule is COc1ccc(OC)c(CN2CCC3(CC2)OC(=O)N(Cc2cccnc2)C3(C)c2ccccc2)c1. The molecule has 188 valence electrons. The average Bonchev–Trinajstić information content (AvgIpc) is 3.12. The minimum Gasteiger partial charge on any atom is -0.497 e. The van der Waals surface area contributed by atoms with Crippen LogP contribution < -0.4 is 9.47 Å². The molecule has 36 heavy (non-hydrogen) atoms. The smallest absolute Gasteiger partial charge is 0.411 e. The number of carbonyl (C=O) groups is 1. The van der Waals surface area contributed by atoms with Crippen molar-refractivity contribution in [3.05, 3.63) is 89.7 Å². The van der Waals surface area contributed by atoms with Crippen LogP contribution in [0.4, 0.5) is 4.79 Å². The summed E-state index contributed by atoms with van der Waals surface area (Å²) in [4.78, 5) is 21.9. The molecule has 1 spiro atoms. The summed E-state index contributed by atoms with van der Waals surface area (Å²) in [6.07, 6.45) is 4.76. The number of likely N-dealkylation sites (tertiary alicyclic amines) is 1. The third-order valence-corrected chi connectivity index (χ3v) is 7.87. The number of methoxy groups -OCH3 is 2. The molecule has 0 bridgehead atoms. The molecule has 1 unspecified atom stereocenters. The zero-order valence-electron chi connectivity index (χ0n) is 21.1. The van der Waals surface area contributed by atoms with E-state index >= 15 is 0 Å². The number of ether oxygens (including phenoxy) is 3. The second-order valence-corrected chi connectivity index (χ2v) is 9.70. The third kappa shape index (κ3) is 4.17. The number of pyridine rings is 1. The van der Waals surface area contributed by atoms with Crippen molar-refractivity contribution in [3.63, 3.8) is 0 Å². The molecule has 2 aliphatic rings. The van der Waals surface area contributed by atoms with Gasteiger partial charge in [-0.3, -0.25) is 14.8 Å². The first kappa shape index (κ1) is 24.1. The van der Waals surface area contributed by atoms with Crippen molar-refractivity contribution in [2.24, 2.45) is 0 Å². The molecule has 5 rings (SSSR count). The lowest BCUT2D eigenvalue weighted by molar-refractivity contribution is -0.0614. The zero-order chi connectivity index (χ0) is 25.2. The summed E-state index contributed by atoms with van der Waals surface area (Å²) < 4.78 is 17.3. The van der Waals surface area contributed by atoms with Crippen molar-refractivity contribution in [1.29, 1.82) is 0 Å². The van der Waals surface area contributed by atoms with E-state index in [4.69, 9.17) is 14.2 Å². The lowest BCUT2D eigenvalue weighted by Crippen LogP contribution is -2.58. The molecule has 0 aliphatic carbocycles. The first-order valence-electron chi connectivity index (χ1n) is 12.4. The molecule has 7 heteroatoms. The van der Waals surface area contributed by atoms with Crippen LogP contribution in [0.25, 0.3) is 0 Å². The molecule has 2 saturated heterocycles. The van der Waals surface area contributed by atoms with Gasteiger partial charge in [0.2, 0.25) is 0 Å². The Hall–Kier alpha value is -3.58. The maximum absolute atomic E-state index is 13.4. The molecule has 1 aromatic heterocycles. The summed E-state index contributed by atoms with van der Waals surface area (Å²) in [5.41, 5.74) is 1.92. The molecule has 0 N–H and O–H groups in total. The molecule has 2 aromatic carbocycles. The molecule has 3 aromatic rings. The summed E-state index contributed by atoms with van der Waals surface area (Å²) in [7, 11) is 3.36. The summed E-state index contributed by atoms with van der Waals surface area (Å²) in [6.45, 7) is 4.95. The van der Waals surface area contributed by atoms with Gasteiger partial charge in [-0.2, -0.15) is 0 Å². The number of piperidine rings is 1. The Labute approximate surface area is 212 Å². The highest BCUT2D eigenvalue weighted by molar-refractivity contribution is 5.73. The molecule has 1 atom stereocenters. The van der Waals surface area contributed by atoms with Gasteiger partial charge in [0.05, 0.1) is 20.8 Å². The molecular formula is C29H33N3O4. The van der Waals surface area contributed by atoms with Gasteiger partial charge in [-0.25, -0.2) is 4.79 Å². The maximum Gasteiger partial charge on any atom is 0.411 e. The first-order valence-corrected chi connectivity index (χ1v) is 12.4. The number of hydrogen-bond acceptors (Lipinski definition) is 6. The predicted octanol–water partition coefficient (Wildman–Crippen LogP) is 5.00. The number of benzene rings is 2. The highest BCUT2D eigenvalue weighted by Crippen LogP contribution is 2.52. The van der Waals surface area contributed by atoms with Crippen molar-refractivity contribution in [3.8, 4) is 11.5 Å². The number of hydrogen-bond donors (Lipinski definition) is 0. The fraction of sp³-hybridized carbons (Fsp3) is 0.379. The van der Waals surface area contributed by atoms with Crippen LogP contribution in [0.5, 0.6) is 11.5 Å². The van der Waals surface area contributed by atoms with E-state index in [0.717, 1.165) is 60.7 Å². The Morgan fingerprint density at radius 2 is 1.75 bits per heavy atom. The van der Waals surface area contributed by atoms with E-state index in [0.29, 0.717) is 6.54 Å². The van der Waals surface area contributed by atoms with E-state index in [1.807, 2.05) is 59.6 Å². The Morgan fingerprint density at radius 3 is 2.42 bits per heavy atom. The van der Waals surface area contributed by atoms with Crippen LogP contribution in [0.1, 0.15) is 36.5 Å². The highest BCUT2D eigenvalue weighted by atomic mass is 16.6. The van der Waals surface area contributed by atoms with Crippen molar-refractivity contribution in [2.45, 2.75) is 44.0 Å². The normalized spacial score (nSPS) is 21.4. The number of aromatic nitrogens is 1. The Kier molecular flexibility index (Phi) is 6.58. The highest BCUT2D eigenvalue weighted by Gasteiger charge is 2.63. The van der Waals surface area contributed by atoms with Crippen molar-refractivity contribution < 1.29 is 19.0 Å². The van der Waals surface area contributed by atoms with Gasteiger partial charge in [-0.05, 0) is 42.3 Å². The van der Waals surface area contributed by atoms with Crippen LogP contribution in [-0.2, 0) is 23.4 Å². The van der Waals surface area contributed by atoms with E-state index in [-0.39, 0.29) is 6.09 Å². The monoisotopic (exact) mass is 487 g/mol. The van der Waals surface area contributed by atoms with E-state index in [1.165, 1.54) is 0 Å². The molecule has 7 nitrogen and oxygen atoms in total. The van der Waals surface area contributed by atoms with Crippen LogP contribution in [-0.4, -0.2) is 53.8 Å². The average molecular weight is 488 g/mol. The van der Waals surface area contributed by atoms with Gasteiger partial charge in [0.25, 0.3) is 0 Å². The third-order valence-electron chi connectivity index (χ3n) is 7.87. The fourth-order valence-corrected chi connectivity index (χ4v) is 5.74. The summed E-state index contributed by atoms with van der Waals surface area (Å²) >= 11 is 0. The maximum atomic E-state index is 13.4. The van der Waals surface area contributed by atoms with Crippen LogP contribution in [0.15, 0.2) is 73.1 Å². The molecule has 0 saturated carbocycles. The Morgan fingerprint density at radius 1 is 0.972 bits per heavy atom. The quantitative estimate of drug-likeness (QED) is 0.467. The van der Waals surface area contributed by atoms with Crippen LogP contribution >= 0.6 is 0 Å². The van der Waals surface area contributed by atoms with Gasteiger partial charge in [0.1, 0.15) is 22.6 Å². The van der Waals surface area contributed by atoms with Gasteiger partial charge >= 0.3 is 6.09 Å². The number of rotatable bonds is 7. The Bertz CT molecular complexity index is 1200. The van der Waals surface area contributed by atoms with E-state index in [2.05, 4.69) is 28.9 Å². The van der Waals surface area contributed by atoms with Crippen LogP contribution in [0, 0.1) is 0 Å². The number of nitrogens with zero attached hydrogens (tertiary/aromatic N) is 3. The summed E-state index contributed by atoms with van der Waals surface area (Å²) in [5.74, 6) is 1.66. The van der Waals surface area contributed by atoms with Crippen LogP contribution in [0.3, 0.4) is 0 Å². The minimum atomic E-state index is -0.622. The van der Waals surface area contributed by atoms with Gasteiger partial charge in [0, 0.05) is 50.4 Å². The molecule has 2 fully saturated rings. The number of carbonyl (C=O) groups excluding carboxylic acids is 1. The second-order valence-electron chi connectivity index (χ2n) is 9.70. The lowest BCUT2D eigenvalue weighted by atomic mass is 9.70. The predicted molar refractivity (Wildman–Crippen MR) is 137 cm³/mol. The second kappa shape index (κ2) is 9.82. The van der Waals surface area contributed by atoms with Crippen molar-refractivity contribution >= 4 is 6.09 Å². The Balaban J connectivity index is 1.42. The molecule has 0 radical (unpaired) electrons. The molecule has 1 amide bonds. The lowest BCUT2D eigenvalue weighted by Gasteiger charge is -2.48. The van der Waals surface area contributed by atoms with E-state index in [1.54, 1.807) is 20.4 Å².